The highest BCUT2D eigenvalue weighted by Crippen LogP contribution is 2.26. The summed E-state index contributed by atoms with van der Waals surface area (Å²) in [6, 6.07) is 3.44. The van der Waals surface area contributed by atoms with Crippen molar-refractivity contribution in [3.8, 4) is 0 Å². The molecule has 1 N–H and O–H groups in total. The molecule has 0 aliphatic carbocycles. The molecule has 1 aromatic heterocycles. The Morgan fingerprint density at radius 2 is 1.94 bits per heavy atom. The molecule has 0 bridgehead atoms. The quantitative estimate of drug-likeness (QED) is 0.927. The number of benzene rings is 1. The van der Waals surface area contributed by atoms with Gasteiger partial charge >= 0.3 is 5.97 Å². The van der Waals surface area contributed by atoms with Gasteiger partial charge in [-0.2, -0.15) is 0 Å². The standard InChI is InChI=1S/C11H6F2N2O2S/c12-7-2-1-6(3-8(7)13)18-10-5-14-9(4-15-10)11(16)17/h1-5H,(H,16,17). The number of nitrogens with zero attached hydrogens (tertiary/aromatic N) is 2. The van der Waals surface area contributed by atoms with Gasteiger partial charge in [0.15, 0.2) is 17.3 Å². The number of halogens is 2. The van der Waals surface area contributed by atoms with Gasteiger partial charge in [0.2, 0.25) is 0 Å². The molecule has 4 nitrogen and oxygen atoms in total. The Labute approximate surface area is 105 Å². The van der Waals surface area contributed by atoms with Gasteiger partial charge in [-0.3, -0.25) is 0 Å². The number of carboxylic acid groups (broad SMARTS) is 1. The maximum Gasteiger partial charge on any atom is 0.356 e. The molecule has 2 aromatic rings. The summed E-state index contributed by atoms with van der Waals surface area (Å²) in [6.07, 6.45) is 2.36. The fraction of sp³-hybridized carbons (Fsp3) is 0. The van der Waals surface area contributed by atoms with Gasteiger partial charge < -0.3 is 5.11 Å². The molecule has 2 rings (SSSR count). The molecule has 0 aliphatic rings. The third-order valence-electron chi connectivity index (χ3n) is 1.96. The Morgan fingerprint density at radius 1 is 1.17 bits per heavy atom. The fourth-order valence-electron chi connectivity index (χ4n) is 1.14. The third-order valence-corrected chi connectivity index (χ3v) is 2.87. The van der Waals surface area contributed by atoms with Gasteiger partial charge in [-0.15, -0.1) is 0 Å². The molecular formula is C11H6F2N2O2S. The van der Waals surface area contributed by atoms with Crippen LogP contribution >= 0.6 is 11.8 Å². The summed E-state index contributed by atoms with van der Waals surface area (Å²) >= 11 is 1.06. The van der Waals surface area contributed by atoms with Crippen molar-refractivity contribution in [1.82, 2.24) is 9.97 Å². The van der Waals surface area contributed by atoms with Crippen LogP contribution in [0.15, 0.2) is 40.5 Å². The van der Waals surface area contributed by atoms with E-state index in [-0.39, 0.29) is 5.69 Å². The van der Waals surface area contributed by atoms with Crippen LogP contribution in [-0.2, 0) is 0 Å². The van der Waals surface area contributed by atoms with Crippen molar-refractivity contribution in [2.75, 3.05) is 0 Å². The zero-order chi connectivity index (χ0) is 13.1. The molecule has 0 unspecified atom stereocenters. The van der Waals surface area contributed by atoms with Crippen LogP contribution in [0, 0.1) is 11.6 Å². The number of hydrogen-bond acceptors (Lipinski definition) is 4. The Balaban J connectivity index is 2.18. The van der Waals surface area contributed by atoms with E-state index < -0.39 is 17.6 Å². The SMILES string of the molecule is O=C(O)c1cnc(Sc2ccc(F)c(F)c2)cn1. The first-order valence-electron chi connectivity index (χ1n) is 4.74. The van der Waals surface area contributed by atoms with E-state index in [1.807, 2.05) is 0 Å². The highest BCUT2D eigenvalue weighted by atomic mass is 32.2. The van der Waals surface area contributed by atoms with E-state index in [0.717, 1.165) is 30.1 Å². The van der Waals surface area contributed by atoms with Crippen molar-refractivity contribution in [2.45, 2.75) is 9.92 Å². The van der Waals surface area contributed by atoms with E-state index in [1.54, 1.807) is 0 Å². The van der Waals surface area contributed by atoms with Gasteiger partial charge in [-0.25, -0.2) is 23.5 Å². The molecule has 0 aliphatic heterocycles. The van der Waals surface area contributed by atoms with Crippen LogP contribution in [0.3, 0.4) is 0 Å². The maximum absolute atomic E-state index is 12.9. The van der Waals surface area contributed by atoms with Crippen LogP contribution in [-0.4, -0.2) is 21.0 Å². The van der Waals surface area contributed by atoms with Crippen molar-refractivity contribution < 1.29 is 18.7 Å². The molecule has 0 atom stereocenters. The molecule has 0 saturated heterocycles. The second-order valence-electron chi connectivity index (χ2n) is 3.22. The Bertz CT molecular complexity index is 590. The lowest BCUT2D eigenvalue weighted by Crippen LogP contribution is -2.00. The van der Waals surface area contributed by atoms with Crippen LogP contribution < -0.4 is 0 Å². The molecule has 0 spiro atoms. The zero-order valence-electron chi connectivity index (χ0n) is 8.80. The molecule has 0 saturated carbocycles. The first kappa shape index (κ1) is 12.4. The summed E-state index contributed by atoms with van der Waals surface area (Å²) in [5.41, 5.74) is -0.176. The summed E-state index contributed by atoms with van der Waals surface area (Å²) in [7, 11) is 0. The van der Waals surface area contributed by atoms with Crippen LogP contribution in [0.1, 0.15) is 10.5 Å². The number of aromatic nitrogens is 2. The van der Waals surface area contributed by atoms with E-state index in [9.17, 15) is 13.6 Å². The lowest BCUT2D eigenvalue weighted by molar-refractivity contribution is 0.0689. The van der Waals surface area contributed by atoms with Crippen LogP contribution in [0.2, 0.25) is 0 Å². The van der Waals surface area contributed by atoms with E-state index in [4.69, 9.17) is 5.11 Å². The summed E-state index contributed by atoms with van der Waals surface area (Å²) < 4.78 is 25.7. The Morgan fingerprint density at radius 3 is 2.50 bits per heavy atom. The molecule has 92 valence electrons. The largest absolute Gasteiger partial charge is 0.476 e. The summed E-state index contributed by atoms with van der Waals surface area (Å²) in [4.78, 5) is 18.5. The lowest BCUT2D eigenvalue weighted by atomic mass is 10.3. The zero-order valence-corrected chi connectivity index (χ0v) is 9.62. The van der Waals surface area contributed by atoms with Crippen molar-refractivity contribution in [3.05, 3.63) is 47.9 Å². The van der Waals surface area contributed by atoms with E-state index >= 15 is 0 Å². The van der Waals surface area contributed by atoms with Gasteiger partial charge in [0, 0.05) is 4.90 Å². The van der Waals surface area contributed by atoms with Crippen molar-refractivity contribution in [1.29, 1.82) is 0 Å². The smallest absolute Gasteiger partial charge is 0.356 e. The number of rotatable bonds is 3. The summed E-state index contributed by atoms with van der Waals surface area (Å²) in [5, 5.41) is 9.03. The van der Waals surface area contributed by atoms with E-state index in [1.165, 1.54) is 12.3 Å². The highest BCUT2D eigenvalue weighted by Gasteiger charge is 2.07. The molecule has 18 heavy (non-hydrogen) atoms. The Kier molecular flexibility index (Phi) is 3.52. The van der Waals surface area contributed by atoms with Gasteiger partial charge in [0.05, 0.1) is 12.4 Å². The normalized spacial score (nSPS) is 10.3. The summed E-state index contributed by atoms with van der Waals surface area (Å²) in [5.74, 6) is -3.05. The third kappa shape index (κ3) is 2.80. The average Bonchev–Trinajstić information content (AvgIpc) is 2.34. The molecule has 0 amide bonds. The topological polar surface area (TPSA) is 63.1 Å². The van der Waals surface area contributed by atoms with Crippen molar-refractivity contribution >= 4 is 17.7 Å². The van der Waals surface area contributed by atoms with Crippen molar-refractivity contribution in [2.24, 2.45) is 0 Å². The minimum Gasteiger partial charge on any atom is -0.476 e. The van der Waals surface area contributed by atoms with Crippen molar-refractivity contribution in [3.63, 3.8) is 0 Å². The summed E-state index contributed by atoms with van der Waals surface area (Å²) in [6.45, 7) is 0. The molecule has 0 radical (unpaired) electrons. The van der Waals surface area contributed by atoms with E-state index in [2.05, 4.69) is 9.97 Å². The monoisotopic (exact) mass is 268 g/mol. The van der Waals surface area contributed by atoms with Crippen LogP contribution in [0.4, 0.5) is 8.78 Å². The van der Waals surface area contributed by atoms with Crippen LogP contribution in [0.25, 0.3) is 0 Å². The lowest BCUT2D eigenvalue weighted by Gasteiger charge is -2.01. The Hall–Kier alpha value is -2.02. The first-order chi connectivity index (χ1) is 8.56. The predicted octanol–water partition coefficient (Wildman–Crippen LogP) is 2.60. The fourth-order valence-corrected chi connectivity index (χ4v) is 1.89. The number of carbonyl (C=O) groups is 1. The van der Waals surface area contributed by atoms with Gasteiger partial charge in [-0.1, -0.05) is 11.8 Å². The second kappa shape index (κ2) is 5.09. The molecule has 1 aromatic carbocycles. The molecule has 7 heteroatoms. The second-order valence-corrected chi connectivity index (χ2v) is 4.32. The molecule has 1 heterocycles. The highest BCUT2D eigenvalue weighted by molar-refractivity contribution is 7.99. The van der Waals surface area contributed by atoms with Crippen LogP contribution in [0.5, 0.6) is 0 Å². The molecular weight excluding hydrogens is 262 g/mol. The molecule has 0 fully saturated rings. The number of hydrogen-bond donors (Lipinski definition) is 1. The predicted molar refractivity (Wildman–Crippen MR) is 59.5 cm³/mol. The van der Waals surface area contributed by atoms with Gasteiger partial charge in [0.25, 0.3) is 0 Å². The maximum atomic E-state index is 12.9. The van der Waals surface area contributed by atoms with Gasteiger partial charge in [0.1, 0.15) is 5.03 Å². The van der Waals surface area contributed by atoms with E-state index in [0.29, 0.717) is 9.92 Å². The number of carboxylic acids is 1. The minimum absolute atomic E-state index is 0.176. The van der Waals surface area contributed by atoms with Gasteiger partial charge in [-0.05, 0) is 18.2 Å². The average molecular weight is 268 g/mol. The minimum atomic E-state index is -1.17. The number of aromatic carboxylic acids is 1. The first-order valence-corrected chi connectivity index (χ1v) is 5.56.